The summed E-state index contributed by atoms with van der Waals surface area (Å²) in [5.41, 5.74) is 3.57. The third kappa shape index (κ3) is 2.77. The van der Waals surface area contributed by atoms with E-state index >= 15 is 0 Å². The molecule has 0 atom stereocenters. The van der Waals surface area contributed by atoms with Gasteiger partial charge in [-0.15, -0.1) is 0 Å². The van der Waals surface area contributed by atoms with Gasteiger partial charge in [0, 0.05) is 19.6 Å². The maximum Gasteiger partial charge on any atom is 0.209 e. The molecule has 0 amide bonds. The Labute approximate surface area is 89.7 Å². The minimum absolute atomic E-state index is 0.367. The highest BCUT2D eigenvalue weighted by atomic mass is 32.2. The Kier molecular flexibility index (Phi) is 2.77. The molecule has 4 nitrogen and oxygen atoms in total. The van der Waals surface area contributed by atoms with Crippen LogP contribution in [0.15, 0.2) is 18.2 Å². The van der Waals surface area contributed by atoms with Crippen molar-refractivity contribution in [2.24, 2.45) is 0 Å². The van der Waals surface area contributed by atoms with Crippen molar-refractivity contribution in [2.75, 3.05) is 6.26 Å². The van der Waals surface area contributed by atoms with Gasteiger partial charge < -0.3 is 5.32 Å². The second-order valence-electron chi connectivity index (χ2n) is 3.80. The van der Waals surface area contributed by atoms with Crippen molar-refractivity contribution in [3.05, 3.63) is 34.9 Å². The molecule has 1 heterocycles. The maximum atomic E-state index is 10.9. The highest BCUT2D eigenvalue weighted by Crippen LogP contribution is 2.16. The van der Waals surface area contributed by atoms with E-state index < -0.39 is 10.0 Å². The number of fused-ring (bicyclic) bond motifs is 1. The average Bonchev–Trinajstić information content (AvgIpc) is 2.60. The van der Waals surface area contributed by atoms with Crippen molar-refractivity contribution in [3.8, 4) is 0 Å². The summed E-state index contributed by atoms with van der Waals surface area (Å²) in [7, 11) is -3.10. The topological polar surface area (TPSA) is 58.2 Å². The van der Waals surface area contributed by atoms with Gasteiger partial charge in [-0.1, -0.05) is 18.2 Å². The third-order valence-corrected chi connectivity index (χ3v) is 3.11. The summed E-state index contributed by atoms with van der Waals surface area (Å²) < 4.78 is 24.3. The van der Waals surface area contributed by atoms with Gasteiger partial charge in [0.25, 0.3) is 0 Å². The quantitative estimate of drug-likeness (QED) is 0.781. The Morgan fingerprint density at radius 3 is 2.80 bits per heavy atom. The Hall–Kier alpha value is -0.910. The molecule has 0 saturated carbocycles. The van der Waals surface area contributed by atoms with Gasteiger partial charge in [0.05, 0.1) is 6.26 Å². The first-order chi connectivity index (χ1) is 7.04. The highest BCUT2D eigenvalue weighted by Gasteiger charge is 2.10. The van der Waals surface area contributed by atoms with E-state index in [1.165, 1.54) is 17.4 Å². The standard InChI is InChI=1S/C10H14N2O2S/c1-15(13,14)12-5-8-2-3-9-6-11-7-10(9)4-8/h2-4,11-12H,5-7H2,1H3. The van der Waals surface area contributed by atoms with Crippen molar-refractivity contribution in [1.82, 2.24) is 10.0 Å². The maximum absolute atomic E-state index is 10.9. The highest BCUT2D eigenvalue weighted by molar-refractivity contribution is 7.88. The van der Waals surface area contributed by atoms with Crippen molar-refractivity contribution in [3.63, 3.8) is 0 Å². The molecule has 0 aliphatic carbocycles. The van der Waals surface area contributed by atoms with Crippen LogP contribution in [0.2, 0.25) is 0 Å². The molecular formula is C10H14N2O2S. The van der Waals surface area contributed by atoms with Crippen LogP contribution in [0.1, 0.15) is 16.7 Å². The first kappa shape index (κ1) is 10.6. The zero-order valence-electron chi connectivity index (χ0n) is 8.58. The van der Waals surface area contributed by atoms with Crippen LogP contribution in [0.4, 0.5) is 0 Å². The summed E-state index contributed by atoms with van der Waals surface area (Å²) in [6, 6.07) is 6.06. The molecule has 0 spiro atoms. The number of hydrogen-bond acceptors (Lipinski definition) is 3. The lowest BCUT2D eigenvalue weighted by molar-refractivity contribution is 0.587. The molecule has 1 aromatic rings. The molecule has 2 N–H and O–H groups in total. The predicted molar refractivity (Wildman–Crippen MR) is 58.7 cm³/mol. The molecule has 15 heavy (non-hydrogen) atoms. The average molecular weight is 226 g/mol. The molecule has 0 bridgehead atoms. The third-order valence-electron chi connectivity index (χ3n) is 2.44. The first-order valence-corrected chi connectivity index (χ1v) is 6.70. The number of benzene rings is 1. The van der Waals surface area contributed by atoms with Gasteiger partial charge in [-0.3, -0.25) is 0 Å². The van der Waals surface area contributed by atoms with E-state index in [-0.39, 0.29) is 0 Å². The molecule has 1 aliphatic heterocycles. The molecule has 5 heteroatoms. The van der Waals surface area contributed by atoms with Crippen LogP contribution in [-0.4, -0.2) is 14.7 Å². The minimum atomic E-state index is -3.10. The van der Waals surface area contributed by atoms with Crippen LogP contribution in [0.25, 0.3) is 0 Å². The van der Waals surface area contributed by atoms with E-state index in [4.69, 9.17) is 0 Å². The van der Waals surface area contributed by atoms with Gasteiger partial charge >= 0.3 is 0 Å². The Morgan fingerprint density at radius 1 is 1.33 bits per heavy atom. The van der Waals surface area contributed by atoms with Crippen molar-refractivity contribution in [2.45, 2.75) is 19.6 Å². The zero-order chi connectivity index (χ0) is 10.9. The van der Waals surface area contributed by atoms with Gasteiger partial charge in [0.2, 0.25) is 10.0 Å². The fraction of sp³-hybridized carbons (Fsp3) is 0.400. The van der Waals surface area contributed by atoms with Gasteiger partial charge in [0.1, 0.15) is 0 Å². The fourth-order valence-electron chi connectivity index (χ4n) is 1.67. The number of rotatable bonds is 3. The van der Waals surface area contributed by atoms with Crippen LogP contribution in [0.3, 0.4) is 0 Å². The summed E-state index contributed by atoms with van der Waals surface area (Å²) in [6.07, 6.45) is 1.17. The number of sulfonamides is 1. The predicted octanol–water partition coefficient (Wildman–Crippen LogP) is 0.339. The van der Waals surface area contributed by atoms with Crippen LogP contribution < -0.4 is 10.0 Å². The normalized spacial score (nSPS) is 15.3. The van der Waals surface area contributed by atoms with Gasteiger partial charge in [0.15, 0.2) is 0 Å². The van der Waals surface area contributed by atoms with E-state index in [1.807, 2.05) is 12.1 Å². The lowest BCUT2D eigenvalue weighted by atomic mass is 10.1. The van der Waals surface area contributed by atoms with E-state index in [0.29, 0.717) is 6.54 Å². The van der Waals surface area contributed by atoms with Crippen LogP contribution in [0, 0.1) is 0 Å². The molecule has 1 aromatic carbocycles. The largest absolute Gasteiger partial charge is 0.309 e. The van der Waals surface area contributed by atoms with Crippen molar-refractivity contribution >= 4 is 10.0 Å². The summed E-state index contributed by atoms with van der Waals surface area (Å²) in [4.78, 5) is 0. The monoisotopic (exact) mass is 226 g/mol. The summed E-state index contributed by atoms with van der Waals surface area (Å²) in [5.74, 6) is 0. The molecule has 0 radical (unpaired) electrons. The van der Waals surface area contributed by atoms with Crippen molar-refractivity contribution in [1.29, 1.82) is 0 Å². The summed E-state index contributed by atoms with van der Waals surface area (Å²) >= 11 is 0. The Bertz CT molecular complexity index is 468. The van der Waals surface area contributed by atoms with Crippen molar-refractivity contribution < 1.29 is 8.42 Å². The van der Waals surface area contributed by atoms with Gasteiger partial charge in [-0.05, 0) is 16.7 Å². The van der Waals surface area contributed by atoms with E-state index in [9.17, 15) is 8.42 Å². The van der Waals surface area contributed by atoms with Crippen LogP contribution in [0.5, 0.6) is 0 Å². The van der Waals surface area contributed by atoms with Crippen LogP contribution >= 0.6 is 0 Å². The molecular weight excluding hydrogens is 212 g/mol. The molecule has 82 valence electrons. The molecule has 0 aromatic heterocycles. The molecule has 2 rings (SSSR count). The Morgan fingerprint density at radius 2 is 2.07 bits per heavy atom. The lowest BCUT2D eigenvalue weighted by Gasteiger charge is -2.04. The Balaban J connectivity index is 2.10. The minimum Gasteiger partial charge on any atom is -0.309 e. The SMILES string of the molecule is CS(=O)(=O)NCc1ccc2c(c1)CNC2. The first-order valence-electron chi connectivity index (χ1n) is 4.81. The smallest absolute Gasteiger partial charge is 0.209 e. The van der Waals surface area contributed by atoms with E-state index in [2.05, 4.69) is 16.1 Å². The van der Waals surface area contributed by atoms with Gasteiger partial charge in [-0.25, -0.2) is 13.1 Å². The second-order valence-corrected chi connectivity index (χ2v) is 5.63. The van der Waals surface area contributed by atoms with Gasteiger partial charge in [-0.2, -0.15) is 0 Å². The summed E-state index contributed by atoms with van der Waals surface area (Å²) in [6.45, 7) is 2.16. The van der Waals surface area contributed by atoms with E-state index in [1.54, 1.807) is 0 Å². The second kappa shape index (κ2) is 3.92. The lowest BCUT2D eigenvalue weighted by Crippen LogP contribution is -2.21. The van der Waals surface area contributed by atoms with E-state index in [0.717, 1.165) is 18.7 Å². The summed E-state index contributed by atoms with van der Waals surface area (Å²) in [5, 5.41) is 3.25. The molecule has 0 fully saturated rings. The number of hydrogen-bond donors (Lipinski definition) is 2. The molecule has 0 unspecified atom stereocenters. The zero-order valence-corrected chi connectivity index (χ0v) is 9.39. The molecule has 1 aliphatic rings. The van der Waals surface area contributed by atoms with Crippen LogP contribution in [-0.2, 0) is 29.7 Å². The fourth-order valence-corrected chi connectivity index (χ4v) is 2.10. The number of nitrogens with one attached hydrogen (secondary N) is 2. The molecule has 0 saturated heterocycles.